The standard InChI is InChI=1S/C16H13ClN2O2/c1-20-12-2-4-13(5-3-12)21-10-11-8-16(17)19-15-6-7-18-9-14(11)15/h2-9H,10H2,1H3. The molecule has 4 nitrogen and oxygen atoms in total. The molecule has 0 N–H and O–H groups in total. The van der Waals surface area contributed by atoms with Gasteiger partial charge in [0.25, 0.3) is 0 Å². The maximum Gasteiger partial charge on any atom is 0.130 e. The molecule has 3 rings (SSSR count). The van der Waals surface area contributed by atoms with E-state index in [2.05, 4.69) is 9.97 Å². The summed E-state index contributed by atoms with van der Waals surface area (Å²) in [6, 6.07) is 11.1. The molecule has 0 atom stereocenters. The Morgan fingerprint density at radius 2 is 1.86 bits per heavy atom. The van der Waals surface area contributed by atoms with Crippen molar-refractivity contribution in [3.63, 3.8) is 0 Å². The fourth-order valence-electron chi connectivity index (χ4n) is 2.05. The van der Waals surface area contributed by atoms with E-state index in [-0.39, 0.29) is 0 Å². The summed E-state index contributed by atoms with van der Waals surface area (Å²) in [6.45, 7) is 0.400. The number of hydrogen-bond donors (Lipinski definition) is 0. The van der Waals surface area contributed by atoms with Gasteiger partial charge < -0.3 is 9.47 Å². The van der Waals surface area contributed by atoms with Crippen LogP contribution in [0, 0.1) is 0 Å². The van der Waals surface area contributed by atoms with Gasteiger partial charge in [-0.1, -0.05) is 11.6 Å². The summed E-state index contributed by atoms with van der Waals surface area (Å²) >= 11 is 6.04. The first-order valence-electron chi connectivity index (χ1n) is 6.42. The Hall–Kier alpha value is -2.33. The molecule has 0 saturated heterocycles. The molecule has 1 aromatic carbocycles. The number of methoxy groups -OCH3 is 1. The number of fused-ring (bicyclic) bond motifs is 1. The van der Waals surface area contributed by atoms with Crippen molar-refractivity contribution < 1.29 is 9.47 Å². The van der Waals surface area contributed by atoms with E-state index in [9.17, 15) is 0 Å². The maximum absolute atomic E-state index is 6.04. The topological polar surface area (TPSA) is 44.2 Å². The molecule has 0 fully saturated rings. The third-order valence-corrected chi connectivity index (χ3v) is 3.31. The number of aromatic nitrogens is 2. The molecule has 0 radical (unpaired) electrons. The van der Waals surface area contributed by atoms with E-state index >= 15 is 0 Å². The molecule has 0 aliphatic carbocycles. The van der Waals surface area contributed by atoms with Gasteiger partial charge in [-0.3, -0.25) is 4.98 Å². The van der Waals surface area contributed by atoms with Gasteiger partial charge in [0.05, 0.1) is 12.6 Å². The molecule has 2 aromatic heterocycles. The van der Waals surface area contributed by atoms with Gasteiger partial charge in [0.1, 0.15) is 23.3 Å². The minimum Gasteiger partial charge on any atom is -0.497 e. The summed E-state index contributed by atoms with van der Waals surface area (Å²) in [6.07, 6.45) is 3.46. The highest BCUT2D eigenvalue weighted by atomic mass is 35.5. The van der Waals surface area contributed by atoms with E-state index in [1.807, 2.05) is 30.3 Å². The first kappa shape index (κ1) is 13.6. The molecule has 2 heterocycles. The van der Waals surface area contributed by atoms with Crippen LogP contribution in [0.1, 0.15) is 5.56 Å². The Labute approximate surface area is 127 Å². The monoisotopic (exact) mass is 300 g/mol. The smallest absolute Gasteiger partial charge is 0.130 e. The van der Waals surface area contributed by atoms with Crippen LogP contribution < -0.4 is 9.47 Å². The Bertz CT molecular complexity index is 760. The zero-order chi connectivity index (χ0) is 14.7. The number of ether oxygens (including phenoxy) is 2. The van der Waals surface area contributed by atoms with Crippen LogP contribution in [0.3, 0.4) is 0 Å². The zero-order valence-corrected chi connectivity index (χ0v) is 12.2. The highest BCUT2D eigenvalue weighted by molar-refractivity contribution is 6.29. The van der Waals surface area contributed by atoms with Crippen molar-refractivity contribution in [2.24, 2.45) is 0 Å². The third kappa shape index (κ3) is 3.06. The van der Waals surface area contributed by atoms with Crippen molar-refractivity contribution in [2.45, 2.75) is 6.61 Å². The number of nitrogens with zero attached hydrogens (tertiary/aromatic N) is 2. The number of rotatable bonds is 4. The molecule has 0 aliphatic rings. The summed E-state index contributed by atoms with van der Waals surface area (Å²) in [5, 5.41) is 1.39. The van der Waals surface area contributed by atoms with Gasteiger partial charge in [-0.15, -0.1) is 0 Å². The van der Waals surface area contributed by atoms with Crippen LogP contribution in [0.15, 0.2) is 48.8 Å². The van der Waals surface area contributed by atoms with E-state index in [1.54, 1.807) is 25.6 Å². The second kappa shape index (κ2) is 5.97. The van der Waals surface area contributed by atoms with E-state index in [0.29, 0.717) is 11.8 Å². The van der Waals surface area contributed by atoms with Crippen LogP contribution in [0.2, 0.25) is 5.15 Å². The molecule has 106 valence electrons. The van der Waals surface area contributed by atoms with Crippen LogP contribution in [0.5, 0.6) is 11.5 Å². The summed E-state index contributed by atoms with van der Waals surface area (Å²) in [4.78, 5) is 8.39. The fraction of sp³-hybridized carbons (Fsp3) is 0.125. The normalized spacial score (nSPS) is 10.6. The van der Waals surface area contributed by atoms with E-state index in [0.717, 1.165) is 28.0 Å². The van der Waals surface area contributed by atoms with Crippen LogP contribution >= 0.6 is 11.6 Å². The quantitative estimate of drug-likeness (QED) is 0.686. The van der Waals surface area contributed by atoms with Crippen LogP contribution in [0.25, 0.3) is 10.9 Å². The Kier molecular flexibility index (Phi) is 3.88. The fourth-order valence-corrected chi connectivity index (χ4v) is 2.28. The number of halogens is 1. The molecular formula is C16H13ClN2O2. The predicted octanol–water partition coefficient (Wildman–Crippen LogP) is 3.87. The maximum atomic E-state index is 6.04. The van der Waals surface area contributed by atoms with Gasteiger partial charge in [-0.2, -0.15) is 0 Å². The summed E-state index contributed by atoms with van der Waals surface area (Å²) in [5.74, 6) is 1.56. The van der Waals surface area contributed by atoms with Gasteiger partial charge >= 0.3 is 0 Å². The molecule has 0 bridgehead atoms. The lowest BCUT2D eigenvalue weighted by Crippen LogP contribution is -1.98. The van der Waals surface area contributed by atoms with Crippen molar-refractivity contribution in [3.8, 4) is 11.5 Å². The lowest BCUT2D eigenvalue weighted by molar-refractivity contribution is 0.307. The lowest BCUT2D eigenvalue weighted by Gasteiger charge is -2.09. The highest BCUT2D eigenvalue weighted by Crippen LogP contribution is 2.23. The molecule has 0 spiro atoms. The van der Waals surface area contributed by atoms with Crippen molar-refractivity contribution in [2.75, 3.05) is 7.11 Å². The Morgan fingerprint density at radius 1 is 1.10 bits per heavy atom. The average molecular weight is 301 g/mol. The Balaban J connectivity index is 1.84. The van der Waals surface area contributed by atoms with E-state index in [4.69, 9.17) is 21.1 Å². The first-order valence-corrected chi connectivity index (χ1v) is 6.80. The second-order valence-electron chi connectivity index (χ2n) is 4.46. The number of pyridine rings is 2. The van der Waals surface area contributed by atoms with Gasteiger partial charge in [0, 0.05) is 23.3 Å². The van der Waals surface area contributed by atoms with Crippen molar-refractivity contribution in [3.05, 3.63) is 59.5 Å². The molecular weight excluding hydrogens is 288 g/mol. The molecule has 0 amide bonds. The van der Waals surface area contributed by atoms with Crippen LogP contribution in [-0.4, -0.2) is 17.1 Å². The minimum atomic E-state index is 0.400. The molecule has 0 saturated carbocycles. The van der Waals surface area contributed by atoms with Crippen LogP contribution in [0.4, 0.5) is 0 Å². The van der Waals surface area contributed by atoms with Gasteiger partial charge in [-0.25, -0.2) is 4.98 Å². The summed E-state index contributed by atoms with van der Waals surface area (Å²) < 4.78 is 10.9. The van der Waals surface area contributed by atoms with Crippen LogP contribution in [-0.2, 0) is 6.61 Å². The SMILES string of the molecule is COc1ccc(OCc2cc(Cl)nc3ccncc23)cc1. The molecule has 21 heavy (non-hydrogen) atoms. The van der Waals surface area contributed by atoms with E-state index in [1.165, 1.54) is 0 Å². The highest BCUT2D eigenvalue weighted by Gasteiger charge is 2.06. The van der Waals surface area contributed by atoms with Crippen molar-refractivity contribution in [1.82, 2.24) is 9.97 Å². The predicted molar refractivity (Wildman–Crippen MR) is 81.9 cm³/mol. The third-order valence-electron chi connectivity index (χ3n) is 3.12. The largest absolute Gasteiger partial charge is 0.497 e. The van der Waals surface area contributed by atoms with Gasteiger partial charge in [-0.05, 0) is 36.4 Å². The van der Waals surface area contributed by atoms with Gasteiger partial charge in [0.2, 0.25) is 0 Å². The molecule has 3 aromatic rings. The second-order valence-corrected chi connectivity index (χ2v) is 4.85. The molecule has 5 heteroatoms. The zero-order valence-electron chi connectivity index (χ0n) is 11.4. The van der Waals surface area contributed by atoms with Gasteiger partial charge in [0.15, 0.2) is 0 Å². The first-order chi connectivity index (χ1) is 10.3. The lowest BCUT2D eigenvalue weighted by atomic mass is 10.1. The van der Waals surface area contributed by atoms with Crippen molar-refractivity contribution in [1.29, 1.82) is 0 Å². The number of benzene rings is 1. The van der Waals surface area contributed by atoms with Crippen molar-refractivity contribution >= 4 is 22.5 Å². The summed E-state index contributed by atoms with van der Waals surface area (Å²) in [5.41, 5.74) is 1.76. The minimum absolute atomic E-state index is 0.400. The van der Waals surface area contributed by atoms with E-state index < -0.39 is 0 Å². The average Bonchev–Trinajstić information content (AvgIpc) is 2.53. The molecule has 0 aliphatic heterocycles. The number of hydrogen-bond acceptors (Lipinski definition) is 4. The molecule has 0 unspecified atom stereocenters. The Morgan fingerprint density at radius 3 is 2.62 bits per heavy atom. The summed E-state index contributed by atoms with van der Waals surface area (Å²) in [7, 11) is 1.63.